The van der Waals surface area contributed by atoms with Crippen LogP contribution in [0.25, 0.3) is 5.69 Å². The van der Waals surface area contributed by atoms with Crippen molar-refractivity contribution in [3.63, 3.8) is 0 Å². The highest BCUT2D eigenvalue weighted by Gasteiger charge is 2.24. The number of aromatic nitrogens is 2. The minimum Gasteiger partial charge on any atom is -0.368 e. The molecule has 0 radical (unpaired) electrons. The number of hydrogen-bond donors (Lipinski definition) is 1. The Morgan fingerprint density at radius 3 is 2.87 bits per heavy atom. The largest absolute Gasteiger partial charge is 0.368 e. The van der Waals surface area contributed by atoms with Crippen molar-refractivity contribution in [2.75, 3.05) is 18.2 Å². The molecule has 1 aromatic heterocycles. The molecular weight excluding hydrogens is 318 g/mol. The van der Waals surface area contributed by atoms with Gasteiger partial charge in [0.1, 0.15) is 6.10 Å². The molecule has 122 valence electrons. The standard InChI is InChI=1S/C15H17N3O4S/c1-23(20,21)14-7-3-2-5-12(14)18-10-11(9-16-18)17-15(19)13-6-4-8-22-13/h2-3,5,7,9-10,13H,4,6,8H2,1H3,(H,17,19)/t13-/m0/s1. The first kappa shape index (κ1) is 15.7. The number of nitrogens with zero attached hydrogens (tertiary/aromatic N) is 2. The van der Waals surface area contributed by atoms with Gasteiger partial charge in [0.25, 0.3) is 5.91 Å². The molecule has 0 spiro atoms. The first-order valence-electron chi connectivity index (χ1n) is 7.22. The summed E-state index contributed by atoms with van der Waals surface area (Å²) in [7, 11) is -3.38. The van der Waals surface area contributed by atoms with Gasteiger partial charge < -0.3 is 10.1 Å². The minimum atomic E-state index is -3.38. The van der Waals surface area contributed by atoms with Gasteiger partial charge in [-0.2, -0.15) is 5.10 Å². The number of anilines is 1. The van der Waals surface area contributed by atoms with Crippen LogP contribution < -0.4 is 5.32 Å². The number of hydrogen-bond acceptors (Lipinski definition) is 5. The number of amides is 1. The molecule has 8 heteroatoms. The first-order chi connectivity index (χ1) is 10.9. The fourth-order valence-corrected chi connectivity index (χ4v) is 3.35. The molecule has 0 saturated carbocycles. The van der Waals surface area contributed by atoms with Gasteiger partial charge in [-0.1, -0.05) is 12.1 Å². The van der Waals surface area contributed by atoms with E-state index in [2.05, 4.69) is 10.4 Å². The molecule has 0 aliphatic carbocycles. The van der Waals surface area contributed by atoms with Gasteiger partial charge in [0.05, 0.1) is 28.7 Å². The summed E-state index contributed by atoms with van der Waals surface area (Å²) in [6.07, 6.45) is 5.36. The molecule has 1 atom stereocenters. The smallest absolute Gasteiger partial charge is 0.253 e. The molecular formula is C15H17N3O4S. The van der Waals surface area contributed by atoms with Crippen LogP contribution >= 0.6 is 0 Å². The van der Waals surface area contributed by atoms with Crippen LogP contribution in [-0.2, 0) is 19.4 Å². The Balaban J connectivity index is 1.84. The molecule has 1 amide bonds. The molecule has 1 fully saturated rings. The SMILES string of the molecule is CS(=O)(=O)c1ccccc1-n1cc(NC(=O)[C@@H]2CCCO2)cn1. The Hall–Kier alpha value is -2.19. The summed E-state index contributed by atoms with van der Waals surface area (Å²) in [5.41, 5.74) is 0.932. The lowest BCUT2D eigenvalue weighted by Gasteiger charge is -2.09. The number of ether oxygens (including phenoxy) is 1. The van der Waals surface area contributed by atoms with Crippen LogP contribution in [0.3, 0.4) is 0 Å². The molecule has 0 bridgehead atoms. The van der Waals surface area contributed by atoms with Crippen LogP contribution in [0.15, 0.2) is 41.6 Å². The molecule has 1 aromatic carbocycles. The quantitative estimate of drug-likeness (QED) is 0.912. The maximum Gasteiger partial charge on any atom is 0.253 e. The van der Waals surface area contributed by atoms with E-state index < -0.39 is 15.9 Å². The number of para-hydroxylation sites is 1. The van der Waals surface area contributed by atoms with Crippen molar-refractivity contribution < 1.29 is 17.9 Å². The summed E-state index contributed by atoms with van der Waals surface area (Å²) in [6, 6.07) is 6.58. The summed E-state index contributed by atoms with van der Waals surface area (Å²) in [4.78, 5) is 12.2. The van der Waals surface area contributed by atoms with Crippen molar-refractivity contribution in [3.05, 3.63) is 36.7 Å². The van der Waals surface area contributed by atoms with Gasteiger partial charge in [-0.05, 0) is 25.0 Å². The topological polar surface area (TPSA) is 90.3 Å². The molecule has 2 aromatic rings. The number of carbonyl (C=O) groups is 1. The molecule has 1 N–H and O–H groups in total. The Morgan fingerprint density at radius 2 is 2.17 bits per heavy atom. The van der Waals surface area contributed by atoms with Gasteiger partial charge >= 0.3 is 0 Å². The normalized spacial score (nSPS) is 18.0. The lowest BCUT2D eigenvalue weighted by atomic mass is 10.2. The number of benzene rings is 1. The second-order valence-electron chi connectivity index (χ2n) is 5.40. The van der Waals surface area contributed by atoms with Crippen LogP contribution in [-0.4, -0.2) is 43.1 Å². The van der Waals surface area contributed by atoms with Crippen molar-refractivity contribution in [1.82, 2.24) is 9.78 Å². The molecule has 1 saturated heterocycles. The van der Waals surface area contributed by atoms with E-state index >= 15 is 0 Å². The first-order valence-corrected chi connectivity index (χ1v) is 9.11. The third kappa shape index (κ3) is 3.43. The van der Waals surface area contributed by atoms with E-state index in [9.17, 15) is 13.2 Å². The van der Waals surface area contributed by atoms with Gasteiger partial charge in [-0.15, -0.1) is 0 Å². The Labute approximate surface area is 134 Å². The van der Waals surface area contributed by atoms with E-state index in [0.717, 1.165) is 12.7 Å². The van der Waals surface area contributed by atoms with Crippen molar-refractivity contribution in [2.24, 2.45) is 0 Å². The van der Waals surface area contributed by atoms with Crippen LogP contribution in [0.2, 0.25) is 0 Å². The maximum atomic E-state index is 12.0. The highest BCUT2D eigenvalue weighted by molar-refractivity contribution is 7.90. The highest BCUT2D eigenvalue weighted by atomic mass is 32.2. The molecule has 1 aliphatic heterocycles. The summed E-state index contributed by atoms with van der Waals surface area (Å²) >= 11 is 0. The van der Waals surface area contributed by atoms with E-state index in [1.165, 1.54) is 16.9 Å². The van der Waals surface area contributed by atoms with Crippen molar-refractivity contribution >= 4 is 21.4 Å². The van der Waals surface area contributed by atoms with E-state index in [1.54, 1.807) is 24.4 Å². The Bertz CT molecular complexity index is 823. The Kier molecular flexibility index (Phi) is 4.18. The fraction of sp³-hybridized carbons (Fsp3) is 0.333. The van der Waals surface area contributed by atoms with Crippen LogP contribution in [0.4, 0.5) is 5.69 Å². The lowest BCUT2D eigenvalue weighted by Crippen LogP contribution is -2.26. The van der Waals surface area contributed by atoms with Gasteiger partial charge in [0, 0.05) is 12.9 Å². The number of nitrogens with one attached hydrogen (secondary N) is 1. The molecule has 7 nitrogen and oxygen atoms in total. The summed E-state index contributed by atoms with van der Waals surface area (Å²) in [5.74, 6) is -0.210. The monoisotopic (exact) mass is 335 g/mol. The average Bonchev–Trinajstić information content (AvgIpc) is 3.18. The van der Waals surface area contributed by atoms with Crippen LogP contribution in [0, 0.1) is 0 Å². The molecule has 23 heavy (non-hydrogen) atoms. The summed E-state index contributed by atoms with van der Waals surface area (Å²) < 4.78 is 30.5. The van der Waals surface area contributed by atoms with Gasteiger partial charge in [0.15, 0.2) is 9.84 Å². The van der Waals surface area contributed by atoms with E-state index in [-0.39, 0.29) is 10.8 Å². The average molecular weight is 335 g/mol. The number of sulfone groups is 1. The third-order valence-corrected chi connectivity index (χ3v) is 4.73. The lowest BCUT2D eigenvalue weighted by molar-refractivity contribution is -0.124. The van der Waals surface area contributed by atoms with E-state index in [1.807, 2.05) is 0 Å². The summed E-state index contributed by atoms with van der Waals surface area (Å²) in [6.45, 7) is 0.596. The fourth-order valence-electron chi connectivity index (χ4n) is 2.49. The van der Waals surface area contributed by atoms with Crippen LogP contribution in [0.1, 0.15) is 12.8 Å². The number of rotatable bonds is 4. The minimum absolute atomic E-state index is 0.181. The second-order valence-corrected chi connectivity index (χ2v) is 7.39. The summed E-state index contributed by atoms with van der Waals surface area (Å²) in [5, 5.41) is 6.87. The van der Waals surface area contributed by atoms with E-state index in [0.29, 0.717) is 24.4 Å². The molecule has 1 aliphatic rings. The van der Waals surface area contributed by atoms with Crippen molar-refractivity contribution in [1.29, 1.82) is 0 Å². The predicted molar refractivity (Wildman–Crippen MR) is 84.3 cm³/mol. The zero-order chi connectivity index (χ0) is 16.4. The molecule has 2 heterocycles. The van der Waals surface area contributed by atoms with Gasteiger partial charge in [0.2, 0.25) is 0 Å². The zero-order valence-electron chi connectivity index (χ0n) is 12.6. The van der Waals surface area contributed by atoms with Crippen molar-refractivity contribution in [2.45, 2.75) is 23.8 Å². The molecule has 3 rings (SSSR count). The maximum absolute atomic E-state index is 12.0. The molecule has 0 unspecified atom stereocenters. The third-order valence-electron chi connectivity index (χ3n) is 3.58. The van der Waals surface area contributed by atoms with Crippen molar-refractivity contribution in [3.8, 4) is 5.69 Å². The van der Waals surface area contributed by atoms with Gasteiger partial charge in [-0.3, -0.25) is 4.79 Å². The Morgan fingerprint density at radius 1 is 1.39 bits per heavy atom. The van der Waals surface area contributed by atoms with Crippen LogP contribution in [0.5, 0.6) is 0 Å². The predicted octanol–water partition coefficient (Wildman–Crippen LogP) is 1.39. The van der Waals surface area contributed by atoms with Gasteiger partial charge in [-0.25, -0.2) is 13.1 Å². The second kappa shape index (κ2) is 6.13. The van der Waals surface area contributed by atoms with E-state index in [4.69, 9.17) is 4.74 Å². The highest BCUT2D eigenvalue weighted by Crippen LogP contribution is 2.21. The number of carbonyl (C=O) groups excluding carboxylic acids is 1. The zero-order valence-corrected chi connectivity index (χ0v) is 13.4.